The van der Waals surface area contributed by atoms with Crippen LogP contribution in [-0.2, 0) is 4.79 Å². The van der Waals surface area contributed by atoms with Crippen molar-refractivity contribution in [3.8, 4) is 0 Å². The Morgan fingerprint density at radius 2 is 1.65 bits per heavy atom. The summed E-state index contributed by atoms with van der Waals surface area (Å²) >= 11 is 0. The van der Waals surface area contributed by atoms with Gasteiger partial charge in [0.1, 0.15) is 6.04 Å². The second kappa shape index (κ2) is 3.41. The Morgan fingerprint density at radius 3 is 2.12 bits per heavy atom. The van der Waals surface area contributed by atoms with Crippen LogP contribution in [0.1, 0.15) is 27.1 Å². The molecule has 0 aliphatic carbocycles. The van der Waals surface area contributed by atoms with Gasteiger partial charge in [-0.3, -0.25) is 19.3 Å². The molecule has 5 nitrogen and oxygen atoms in total. The lowest BCUT2D eigenvalue weighted by atomic mass is 10.1. The fraction of sp³-hybridized carbons (Fsp3) is 0.250. The molecular formula is C12H10N2O3. The van der Waals surface area contributed by atoms with E-state index in [0.29, 0.717) is 24.1 Å². The maximum atomic E-state index is 12.1. The predicted molar refractivity (Wildman–Crippen MR) is 58.4 cm³/mol. The first-order valence-corrected chi connectivity index (χ1v) is 5.45. The number of carbonyl (C=O) groups is 3. The van der Waals surface area contributed by atoms with E-state index in [1.165, 1.54) is 0 Å². The fourth-order valence-corrected chi connectivity index (χ4v) is 2.32. The molecule has 1 fully saturated rings. The highest BCUT2D eigenvalue weighted by atomic mass is 16.2. The lowest BCUT2D eigenvalue weighted by Gasteiger charge is -2.18. The number of hydrogen-bond donors (Lipinski definition) is 1. The van der Waals surface area contributed by atoms with Crippen molar-refractivity contribution in [2.75, 3.05) is 6.54 Å². The Hall–Kier alpha value is -2.17. The first kappa shape index (κ1) is 10.0. The van der Waals surface area contributed by atoms with E-state index in [4.69, 9.17) is 0 Å². The van der Waals surface area contributed by atoms with Crippen molar-refractivity contribution < 1.29 is 14.4 Å². The number of nitrogens with one attached hydrogen (secondary N) is 1. The van der Waals surface area contributed by atoms with E-state index in [0.717, 1.165) is 4.90 Å². The Bertz CT molecular complexity index is 503. The normalized spacial score (nSPS) is 22.9. The van der Waals surface area contributed by atoms with Gasteiger partial charge in [0.2, 0.25) is 5.91 Å². The summed E-state index contributed by atoms with van der Waals surface area (Å²) in [7, 11) is 0. The molecule has 3 rings (SSSR count). The summed E-state index contributed by atoms with van der Waals surface area (Å²) < 4.78 is 0. The molecule has 1 unspecified atom stereocenters. The molecule has 0 bridgehead atoms. The lowest BCUT2D eigenvalue weighted by Crippen LogP contribution is -2.44. The minimum Gasteiger partial charge on any atom is -0.354 e. The molecule has 5 heteroatoms. The smallest absolute Gasteiger partial charge is 0.262 e. The average Bonchev–Trinajstić information content (AvgIpc) is 2.84. The van der Waals surface area contributed by atoms with Crippen molar-refractivity contribution >= 4 is 17.7 Å². The summed E-state index contributed by atoms with van der Waals surface area (Å²) in [6.45, 7) is 0.511. The molecule has 2 aliphatic rings. The molecule has 1 aromatic rings. The summed E-state index contributed by atoms with van der Waals surface area (Å²) in [5.74, 6) is -0.986. The number of carbonyl (C=O) groups excluding carboxylic acids is 3. The van der Waals surface area contributed by atoms with Crippen molar-refractivity contribution in [3.05, 3.63) is 35.4 Å². The molecule has 17 heavy (non-hydrogen) atoms. The molecule has 0 spiro atoms. The third-order valence-corrected chi connectivity index (χ3v) is 3.16. The Balaban J connectivity index is 2.03. The standard InChI is InChI=1S/C12H10N2O3/c15-10-9(5-6-13-10)14-11(16)7-3-1-2-4-8(7)12(14)17/h1-4,9H,5-6H2,(H,13,15). The van der Waals surface area contributed by atoms with Crippen LogP contribution < -0.4 is 5.32 Å². The summed E-state index contributed by atoms with van der Waals surface area (Å²) in [5, 5.41) is 2.63. The fourth-order valence-electron chi connectivity index (χ4n) is 2.32. The van der Waals surface area contributed by atoms with Gasteiger partial charge >= 0.3 is 0 Å². The molecule has 0 saturated carbocycles. The highest BCUT2D eigenvalue weighted by Gasteiger charge is 2.43. The first-order chi connectivity index (χ1) is 8.20. The van der Waals surface area contributed by atoms with E-state index in [1.807, 2.05) is 0 Å². The van der Waals surface area contributed by atoms with Crippen molar-refractivity contribution in [2.45, 2.75) is 12.5 Å². The minimum absolute atomic E-state index is 0.250. The third kappa shape index (κ3) is 1.28. The third-order valence-electron chi connectivity index (χ3n) is 3.16. The molecule has 86 valence electrons. The van der Waals surface area contributed by atoms with E-state index in [-0.39, 0.29) is 17.7 Å². The molecule has 0 aromatic heterocycles. The highest BCUT2D eigenvalue weighted by Crippen LogP contribution is 2.26. The maximum Gasteiger partial charge on any atom is 0.262 e. The molecule has 1 saturated heterocycles. The molecule has 1 aromatic carbocycles. The highest BCUT2D eigenvalue weighted by molar-refractivity contribution is 6.22. The minimum atomic E-state index is -0.651. The number of nitrogens with zero attached hydrogens (tertiary/aromatic N) is 1. The second-order valence-corrected chi connectivity index (χ2v) is 4.12. The van der Waals surface area contributed by atoms with Crippen LogP contribution in [-0.4, -0.2) is 35.2 Å². The van der Waals surface area contributed by atoms with Gasteiger partial charge < -0.3 is 5.32 Å². The molecule has 1 atom stereocenters. The Labute approximate surface area is 97.4 Å². The summed E-state index contributed by atoms with van der Waals surface area (Å²) in [4.78, 5) is 36.8. The number of benzene rings is 1. The van der Waals surface area contributed by atoms with Crippen LogP contribution in [0.4, 0.5) is 0 Å². The summed E-state index contributed by atoms with van der Waals surface area (Å²) in [6.07, 6.45) is 0.490. The Morgan fingerprint density at radius 1 is 1.06 bits per heavy atom. The summed E-state index contributed by atoms with van der Waals surface area (Å²) in [5.41, 5.74) is 0.773. The van der Waals surface area contributed by atoms with Crippen molar-refractivity contribution in [2.24, 2.45) is 0 Å². The van der Waals surface area contributed by atoms with Crippen molar-refractivity contribution in [1.29, 1.82) is 0 Å². The van der Waals surface area contributed by atoms with Crippen LogP contribution in [0.15, 0.2) is 24.3 Å². The van der Waals surface area contributed by atoms with Gasteiger partial charge in [0.15, 0.2) is 0 Å². The number of rotatable bonds is 1. The molecule has 0 radical (unpaired) electrons. The van der Waals surface area contributed by atoms with E-state index >= 15 is 0 Å². The van der Waals surface area contributed by atoms with Crippen LogP contribution >= 0.6 is 0 Å². The largest absolute Gasteiger partial charge is 0.354 e. The van der Waals surface area contributed by atoms with E-state index in [1.54, 1.807) is 24.3 Å². The Kier molecular flexibility index (Phi) is 2.01. The zero-order chi connectivity index (χ0) is 12.0. The van der Waals surface area contributed by atoms with Crippen LogP contribution in [0, 0.1) is 0 Å². The van der Waals surface area contributed by atoms with Gasteiger partial charge in [-0.15, -0.1) is 0 Å². The van der Waals surface area contributed by atoms with Gasteiger partial charge in [-0.05, 0) is 18.6 Å². The van der Waals surface area contributed by atoms with Gasteiger partial charge in [0.05, 0.1) is 11.1 Å². The maximum absolute atomic E-state index is 12.1. The monoisotopic (exact) mass is 230 g/mol. The van der Waals surface area contributed by atoms with Crippen LogP contribution in [0.2, 0.25) is 0 Å². The van der Waals surface area contributed by atoms with Gasteiger partial charge in [-0.1, -0.05) is 12.1 Å². The van der Waals surface area contributed by atoms with Crippen LogP contribution in [0.25, 0.3) is 0 Å². The number of imide groups is 1. The quantitative estimate of drug-likeness (QED) is 0.699. The van der Waals surface area contributed by atoms with Gasteiger partial charge in [0, 0.05) is 6.54 Å². The SMILES string of the molecule is O=C1NCCC1N1C(=O)c2ccccc2C1=O. The molecule has 2 aliphatic heterocycles. The van der Waals surface area contributed by atoms with Crippen LogP contribution in [0.5, 0.6) is 0 Å². The molecular weight excluding hydrogens is 220 g/mol. The topological polar surface area (TPSA) is 66.5 Å². The first-order valence-electron chi connectivity index (χ1n) is 5.45. The van der Waals surface area contributed by atoms with E-state index in [2.05, 4.69) is 5.32 Å². The van der Waals surface area contributed by atoms with Crippen molar-refractivity contribution in [3.63, 3.8) is 0 Å². The summed E-state index contributed by atoms with van der Waals surface area (Å²) in [6, 6.07) is 6.00. The molecule has 3 amide bonds. The van der Waals surface area contributed by atoms with Crippen molar-refractivity contribution in [1.82, 2.24) is 10.2 Å². The molecule has 1 N–H and O–H groups in total. The predicted octanol–water partition coefficient (Wildman–Crippen LogP) is 0.171. The second-order valence-electron chi connectivity index (χ2n) is 4.12. The van der Waals surface area contributed by atoms with Gasteiger partial charge in [0.25, 0.3) is 11.8 Å². The molecule has 2 heterocycles. The average molecular weight is 230 g/mol. The van der Waals surface area contributed by atoms with Crippen LogP contribution in [0.3, 0.4) is 0 Å². The van der Waals surface area contributed by atoms with Gasteiger partial charge in [-0.2, -0.15) is 0 Å². The zero-order valence-corrected chi connectivity index (χ0v) is 8.97. The van der Waals surface area contributed by atoms with E-state index in [9.17, 15) is 14.4 Å². The number of amides is 3. The van der Waals surface area contributed by atoms with E-state index < -0.39 is 6.04 Å². The number of hydrogen-bond acceptors (Lipinski definition) is 3. The lowest BCUT2D eigenvalue weighted by molar-refractivity contribution is -0.122. The zero-order valence-electron chi connectivity index (χ0n) is 8.97. The number of fused-ring (bicyclic) bond motifs is 1. The van der Waals surface area contributed by atoms with Gasteiger partial charge in [-0.25, -0.2) is 0 Å².